The number of ether oxygens (including phenoxy) is 1. The van der Waals surface area contributed by atoms with E-state index >= 15 is 0 Å². The molecular weight excluding hydrogens is 262 g/mol. The topological polar surface area (TPSA) is 29.5 Å². The fourth-order valence-corrected chi connectivity index (χ4v) is 2.06. The summed E-state index contributed by atoms with van der Waals surface area (Å²) in [4.78, 5) is 0. The SMILES string of the molecule is Cc1cccc(C)c1COc1c(F)cc(CO)cc1F. The van der Waals surface area contributed by atoms with Gasteiger partial charge >= 0.3 is 0 Å². The number of halogens is 2. The molecule has 4 heteroatoms. The molecule has 0 aliphatic carbocycles. The zero-order valence-corrected chi connectivity index (χ0v) is 11.4. The van der Waals surface area contributed by atoms with E-state index in [4.69, 9.17) is 9.84 Å². The number of aliphatic hydroxyl groups excluding tert-OH is 1. The van der Waals surface area contributed by atoms with Crippen LogP contribution in [0.2, 0.25) is 0 Å². The minimum atomic E-state index is -0.805. The second-order valence-corrected chi connectivity index (χ2v) is 4.71. The van der Waals surface area contributed by atoms with Gasteiger partial charge in [0.2, 0.25) is 0 Å². The van der Waals surface area contributed by atoms with Crippen molar-refractivity contribution >= 4 is 0 Å². The predicted octanol–water partition coefficient (Wildman–Crippen LogP) is 3.65. The Bertz CT molecular complexity index is 581. The van der Waals surface area contributed by atoms with Gasteiger partial charge in [-0.05, 0) is 48.2 Å². The van der Waals surface area contributed by atoms with E-state index in [0.717, 1.165) is 28.8 Å². The smallest absolute Gasteiger partial charge is 0.191 e. The second-order valence-electron chi connectivity index (χ2n) is 4.71. The maximum absolute atomic E-state index is 13.7. The lowest BCUT2D eigenvalue weighted by molar-refractivity contribution is 0.265. The summed E-state index contributed by atoms with van der Waals surface area (Å²) in [5.74, 6) is -2.02. The molecule has 0 fully saturated rings. The third-order valence-electron chi connectivity index (χ3n) is 3.25. The van der Waals surface area contributed by atoms with Crippen molar-refractivity contribution < 1.29 is 18.6 Å². The molecule has 2 nitrogen and oxygen atoms in total. The van der Waals surface area contributed by atoms with E-state index in [9.17, 15) is 8.78 Å². The summed E-state index contributed by atoms with van der Waals surface area (Å²) in [5, 5.41) is 8.88. The van der Waals surface area contributed by atoms with E-state index in [1.165, 1.54) is 0 Å². The predicted molar refractivity (Wildman–Crippen MR) is 72.5 cm³/mol. The lowest BCUT2D eigenvalue weighted by Crippen LogP contribution is -2.04. The van der Waals surface area contributed by atoms with Crippen LogP contribution in [0.1, 0.15) is 22.3 Å². The van der Waals surface area contributed by atoms with Crippen molar-refractivity contribution in [1.29, 1.82) is 0 Å². The first kappa shape index (κ1) is 14.5. The van der Waals surface area contributed by atoms with Gasteiger partial charge in [0.15, 0.2) is 17.4 Å². The molecule has 0 spiro atoms. The molecular formula is C16H16F2O2. The standard InChI is InChI=1S/C16H16F2O2/c1-10-4-3-5-11(2)13(10)9-20-16-14(17)6-12(8-19)7-15(16)18/h3-7,19H,8-9H2,1-2H3. The Morgan fingerprint density at radius 3 is 2.10 bits per heavy atom. The normalized spacial score (nSPS) is 10.7. The zero-order valence-electron chi connectivity index (χ0n) is 11.4. The van der Waals surface area contributed by atoms with Crippen LogP contribution in [0, 0.1) is 25.5 Å². The Morgan fingerprint density at radius 1 is 1.05 bits per heavy atom. The van der Waals surface area contributed by atoms with Gasteiger partial charge in [-0.1, -0.05) is 18.2 Å². The summed E-state index contributed by atoms with van der Waals surface area (Å²) in [6.45, 7) is 3.54. The molecule has 0 aliphatic rings. The van der Waals surface area contributed by atoms with Crippen LogP contribution in [0.5, 0.6) is 5.75 Å². The van der Waals surface area contributed by atoms with E-state index in [0.29, 0.717) is 0 Å². The van der Waals surface area contributed by atoms with Crippen molar-refractivity contribution in [2.45, 2.75) is 27.1 Å². The summed E-state index contributed by atoms with van der Waals surface area (Å²) in [6.07, 6.45) is 0. The number of benzene rings is 2. The van der Waals surface area contributed by atoms with Gasteiger partial charge < -0.3 is 9.84 Å². The largest absolute Gasteiger partial charge is 0.483 e. The summed E-state index contributed by atoms with van der Waals surface area (Å²) in [5.41, 5.74) is 3.12. The minimum Gasteiger partial charge on any atom is -0.483 e. The fraction of sp³-hybridized carbons (Fsp3) is 0.250. The fourth-order valence-electron chi connectivity index (χ4n) is 2.06. The molecule has 0 bridgehead atoms. The Labute approximate surface area is 116 Å². The van der Waals surface area contributed by atoms with E-state index < -0.39 is 24.0 Å². The highest BCUT2D eigenvalue weighted by Crippen LogP contribution is 2.25. The van der Waals surface area contributed by atoms with Gasteiger partial charge in [0.25, 0.3) is 0 Å². The van der Waals surface area contributed by atoms with Gasteiger partial charge in [-0.25, -0.2) is 8.78 Å². The lowest BCUT2D eigenvalue weighted by Gasteiger charge is -2.13. The summed E-state index contributed by atoms with van der Waals surface area (Å²) < 4.78 is 32.7. The highest BCUT2D eigenvalue weighted by molar-refractivity contribution is 5.35. The second kappa shape index (κ2) is 6.01. The molecule has 0 aliphatic heterocycles. The van der Waals surface area contributed by atoms with Crippen molar-refractivity contribution in [3.8, 4) is 5.75 Å². The van der Waals surface area contributed by atoms with E-state index in [1.54, 1.807) is 0 Å². The average molecular weight is 278 g/mol. The summed E-state index contributed by atoms with van der Waals surface area (Å²) in [6, 6.07) is 7.91. The van der Waals surface area contributed by atoms with Gasteiger partial charge in [-0.3, -0.25) is 0 Å². The first-order valence-electron chi connectivity index (χ1n) is 6.29. The van der Waals surface area contributed by atoms with E-state index in [2.05, 4.69) is 0 Å². The van der Waals surface area contributed by atoms with Gasteiger partial charge in [-0.2, -0.15) is 0 Å². The first-order chi connectivity index (χ1) is 9.52. The number of aryl methyl sites for hydroxylation is 2. The summed E-state index contributed by atoms with van der Waals surface area (Å²) in [7, 11) is 0. The van der Waals surface area contributed by atoms with Gasteiger partial charge in [0, 0.05) is 0 Å². The third-order valence-corrected chi connectivity index (χ3v) is 3.25. The molecule has 0 heterocycles. The molecule has 0 amide bonds. The Morgan fingerprint density at radius 2 is 1.60 bits per heavy atom. The van der Waals surface area contributed by atoms with Crippen LogP contribution in [0.4, 0.5) is 8.78 Å². The monoisotopic (exact) mass is 278 g/mol. The highest BCUT2D eigenvalue weighted by Gasteiger charge is 2.13. The molecule has 2 aromatic rings. The van der Waals surface area contributed by atoms with Crippen LogP contribution >= 0.6 is 0 Å². The maximum Gasteiger partial charge on any atom is 0.191 e. The molecule has 1 N–H and O–H groups in total. The van der Waals surface area contributed by atoms with Crippen LogP contribution in [0.15, 0.2) is 30.3 Å². The molecule has 106 valence electrons. The lowest BCUT2D eigenvalue weighted by atomic mass is 10.0. The maximum atomic E-state index is 13.7. The van der Waals surface area contributed by atoms with Crippen molar-refractivity contribution in [1.82, 2.24) is 0 Å². The molecule has 0 saturated carbocycles. The van der Waals surface area contributed by atoms with Crippen LogP contribution in [-0.2, 0) is 13.2 Å². The molecule has 0 atom stereocenters. The molecule has 0 saturated heterocycles. The average Bonchev–Trinajstić information content (AvgIpc) is 2.40. The van der Waals surface area contributed by atoms with Crippen molar-refractivity contribution in [2.24, 2.45) is 0 Å². The zero-order chi connectivity index (χ0) is 14.7. The Hall–Kier alpha value is -1.94. The number of aliphatic hydroxyl groups is 1. The quantitative estimate of drug-likeness (QED) is 0.925. The first-order valence-corrected chi connectivity index (χ1v) is 6.29. The van der Waals surface area contributed by atoms with Crippen molar-refractivity contribution in [2.75, 3.05) is 0 Å². The molecule has 0 radical (unpaired) electrons. The third kappa shape index (κ3) is 2.96. The molecule has 20 heavy (non-hydrogen) atoms. The molecule has 2 rings (SSSR count). The van der Waals surface area contributed by atoms with Crippen LogP contribution < -0.4 is 4.74 Å². The Kier molecular flexibility index (Phi) is 4.35. The van der Waals surface area contributed by atoms with Crippen LogP contribution in [-0.4, -0.2) is 5.11 Å². The molecule has 2 aromatic carbocycles. The number of hydrogen-bond acceptors (Lipinski definition) is 2. The van der Waals surface area contributed by atoms with Crippen molar-refractivity contribution in [3.63, 3.8) is 0 Å². The molecule has 0 aromatic heterocycles. The van der Waals surface area contributed by atoms with Crippen LogP contribution in [0.25, 0.3) is 0 Å². The Balaban J connectivity index is 2.23. The van der Waals surface area contributed by atoms with E-state index in [-0.39, 0.29) is 12.2 Å². The highest BCUT2D eigenvalue weighted by atomic mass is 19.1. The number of hydrogen-bond donors (Lipinski definition) is 1. The summed E-state index contributed by atoms with van der Waals surface area (Å²) >= 11 is 0. The van der Waals surface area contributed by atoms with Gasteiger partial charge in [-0.15, -0.1) is 0 Å². The van der Waals surface area contributed by atoms with Crippen LogP contribution in [0.3, 0.4) is 0 Å². The van der Waals surface area contributed by atoms with E-state index in [1.807, 2.05) is 32.0 Å². The van der Waals surface area contributed by atoms with Gasteiger partial charge in [0.1, 0.15) is 6.61 Å². The van der Waals surface area contributed by atoms with Crippen molar-refractivity contribution in [3.05, 3.63) is 64.2 Å². The van der Waals surface area contributed by atoms with Gasteiger partial charge in [0.05, 0.1) is 6.61 Å². The number of rotatable bonds is 4. The molecule has 0 unspecified atom stereocenters. The minimum absolute atomic E-state index is 0.102.